The molecule has 0 bridgehead atoms. The van der Waals surface area contributed by atoms with Gasteiger partial charge in [0.1, 0.15) is 18.3 Å². The zero-order chi connectivity index (χ0) is 27.2. The van der Waals surface area contributed by atoms with E-state index in [1.807, 2.05) is 13.8 Å². The second-order valence-electron chi connectivity index (χ2n) is 8.40. The van der Waals surface area contributed by atoms with Crippen LogP contribution in [0, 0.1) is 13.8 Å². The lowest BCUT2D eigenvalue weighted by atomic mass is 9.99. The first-order valence-electron chi connectivity index (χ1n) is 12.1. The van der Waals surface area contributed by atoms with Gasteiger partial charge in [-0.05, 0) is 38.3 Å². The van der Waals surface area contributed by atoms with Gasteiger partial charge >= 0.3 is 0 Å². The molecule has 2 aliphatic rings. The van der Waals surface area contributed by atoms with Crippen molar-refractivity contribution in [2.24, 2.45) is 0 Å². The molecular formula is C25H40O10S. The van der Waals surface area contributed by atoms with Crippen LogP contribution in [0.2, 0.25) is 0 Å². The van der Waals surface area contributed by atoms with Crippen LogP contribution < -0.4 is 14.2 Å². The van der Waals surface area contributed by atoms with Crippen LogP contribution in [0.1, 0.15) is 48.7 Å². The molecule has 0 saturated carbocycles. The minimum absolute atomic E-state index is 0.165. The van der Waals surface area contributed by atoms with Gasteiger partial charge in [0.25, 0.3) is 0 Å². The highest BCUT2D eigenvalue weighted by Crippen LogP contribution is 2.47. The quantitative estimate of drug-likeness (QED) is 0.477. The van der Waals surface area contributed by atoms with Crippen LogP contribution in [0.25, 0.3) is 0 Å². The van der Waals surface area contributed by atoms with E-state index in [-0.39, 0.29) is 29.0 Å². The summed E-state index contributed by atoms with van der Waals surface area (Å²) in [5.74, 6) is 0.575. The second kappa shape index (κ2) is 13.8. The van der Waals surface area contributed by atoms with Gasteiger partial charge < -0.3 is 43.7 Å². The molecule has 0 radical (unpaired) electrons. The lowest BCUT2D eigenvalue weighted by molar-refractivity contribution is -0.273. The molecule has 2 fully saturated rings. The van der Waals surface area contributed by atoms with Crippen molar-refractivity contribution in [3.63, 3.8) is 0 Å². The zero-order valence-corrected chi connectivity index (χ0v) is 23.1. The Kier molecular flexibility index (Phi) is 11.7. The number of carbonyl (C=O) groups is 1. The van der Waals surface area contributed by atoms with Gasteiger partial charge in [-0.3, -0.25) is 4.79 Å². The van der Waals surface area contributed by atoms with Gasteiger partial charge in [-0.15, -0.1) is 0 Å². The Morgan fingerprint density at radius 2 is 1.61 bits per heavy atom. The molecule has 36 heavy (non-hydrogen) atoms. The van der Waals surface area contributed by atoms with E-state index >= 15 is 0 Å². The number of thioether (sulfide) groups is 1. The van der Waals surface area contributed by atoms with E-state index in [9.17, 15) is 20.1 Å². The van der Waals surface area contributed by atoms with Crippen LogP contribution in [-0.2, 0) is 14.2 Å². The zero-order valence-electron chi connectivity index (χ0n) is 22.3. The number of benzene rings is 1. The maximum Gasteiger partial charge on any atom is 0.229 e. The lowest BCUT2D eigenvalue weighted by Gasteiger charge is -2.40. The molecule has 5 unspecified atom stereocenters. The van der Waals surface area contributed by atoms with E-state index in [4.69, 9.17) is 28.4 Å². The third kappa shape index (κ3) is 6.27. The van der Waals surface area contributed by atoms with Crippen molar-refractivity contribution < 1.29 is 48.5 Å². The summed E-state index contributed by atoms with van der Waals surface area (Å²) in [6, 6.07) is 0. The third-order valence-corrected chi connectivity index (χ3v) is 7.52. The number of hydrogen-bond donors (Lipinski definition) is 3. The lowest BCUT2D eigenvalue weighted by Crippen LogP contribution is -2.59. The van der Waals surface area contributed by atoms with Crippen LogP contribution in [-0.4, -0.2) is 97.0 Å². The molecule has 0 aliphatic carbocycles. The van der Waals surface area contributed by atoms with Crippen LogP contribution in [0.4, 0.5) is 0 Å². The fraction of sp³-hybridized carbons (Fsp3) is 0.720. The molecule has 1 aromatic rings. The standard InChI is InChI=1S/C23H34O10S.C2H6/c1-10-11(2)18(33-23-17(26)20(29-5)16(25)12(3)32-23)21(30-6)19(28-4)15(10)22(27)34-14-9-31-8-7-13(14)24;1-2/h12-14,16-17,20,23-26H,7-9H2,1-6H3;1-2H3/t12?,13?,14?,16-,17?,20?,23-;/m0./s1. The van der Waals surface area contributed by atoms with E-state index in [1.165, 1.54) is 21.3 Å². The molecule has 3 rings (SSSR count). The normalized spacial score (nSPS) is 30.1. The molecule has 1 aromatic carbocycles. The average molecular weight is 533 g/mol. The second-order valence-corrected chi connectivity index (χ2v) is 9.62. The first-order chi connectivity index (χ1) is 17.2. The summed E-state index contributed by atoms with van der Waals surface area (Å²) in [5, 5.41) is 30.5. The molecular weight excluding hydrogens is 492 g/mol. The number of aliphatic hydroxyl groups is 3. The minimum Gasteiger partial charge on any atom is -0.492 e. The predicted molar refractivity (Wildman–Crippen MR) is 135 cm³/mol. The smallest absolute Gasteiger partial charge is 0.229 e. The Morgan fingerprint density at radius 1 is 0.972 bits per heavy atom. The fourth-order valence-electron chi connectivity index (χ4n) is 4.18. The Bertz CT molecular complexity index is 879. The van der Waals surface area contributed by atoms with Crippen molar-refractivity contribution in [2.45, 2.75) is 83.1 Å². The summed E-state index contributed by atoms with van der Waals surface area (Å²) in [5.41, 5.74) is 1.49. The van der Waals surface area contributed by atoms with Gasteiger partial charge in [0.15, 0.2) is 11.5 Å². The molecule has 2 aliphatic heterocycles. The summed E-state index contributed by atoms with van der Waals surface area (Å²) in [6.07, 6.45) is -5.22. The van der Waals surface area contributed by atoms with Crippen LogP contribution >= 0.6 is 11.8 Å². The molecule has 206 valence electrons. The minimum atomic E-state index is -1.28. The highest BCUT2D eigenvalue weighted by atomic mass is 32.2. The number of carbonyl (C=O) groups excluding carboxylic acids is 1. The van der Waals surface area contributed by atoms with E-state index < -0.39 is 42.1 Å². The average Bonchev–Trinajstić information content (AvgIpc) is 2.87. The van der Waals surface area contributed by atoms with Crippen molar-refractivity contribution in [1.82, 2.24) is 0 Å². The van der Waals surface area contributed by atoms with Crippen molar-refractivity contribution in [3.8, 4) is 17.2 Å². The van der Waals surface area contributed by atoms with Gasteiger partial charge in [-0.1, -0.05) is 25.6 Å². The summed E-state index contributed by atoms with van der Waals surface area (Å²) in [6.45, 7) is 9.90. The summed E-state index contributed by atoms with van der Waals surface area (Å²) in [7, 11) is 4.22. The van der Waals surface area contributed by atoms with E-state index in [1.54, 1.807) is 20.8 Å². The van der Waals surface area contributed by atoms with Crippen LogP contribution in [0.15, 0.2) is 0 Å². The molecule has 2 saturated heterocycles. The van der Waals surface area contributed by atoms with Gasteiger partial charge in [0.2, 0.25) is 17.2 Å². The molecule has 2 heterocycles. The maximum atomic E-state index is 13.3. The molecule has 0 spiro atoms. The van der Waals surface area contributed by atoms with Crippen LogP contribution in [0.5, 0.6) is 17.2 Å². The molecule has 0 aromatic heterocycles. The largest absolute Gasteiger partial charge is 0.492 e. The molecule has 10 nitrogen and oxygen atoms in total. The Morgan fingerprint density at radius 3 is 2.17 bits per heavy atom. The molecule has 3 N–H and O–H groups in total. The Balaban J connectivity index is 0.00000222. The molecule has 0 amide bonds. The Hall–Kier alpha value is -1.60. The van der Waals surface area contributed by atoms with Crippen molar-refractivity contribution in [3.05, 3.63) is 16.7 Å². The van der Waals surface area contributed by atoms with Gasteiger partial charge in [-0.2, -0.15) is 0 Å². The van der Waals surface area contributed by atoms with Gasteiger partial charge in [0, 0.05) is 13.7 Å². The Labute approximate surface area is 217 Å². The van der Waals surface area contributed by atoms with E-state index in [0.717, 1.165) is 11.8 Å². The summed E-state index contributed by atoms with van der Waals surface area (Å²) >= 11 is 1.000. The number of rotatable bonds is 7. The first-order valence-corrected chi connectivity index (χ1v) is 13.0. The SMILES string of the molecule is CC.COc1c(O[C@@H]2OC(C)[C@H](O)C(OC)C2O)c(C)c(C)c(C(=O)SC2COCCC2O)c1OC. The van der Waals surface area contributed by atoms with Crippen molar-refractivity contribution >= 4 is 16.9 Å². The highest BCUT2D eigenvalue weighted by Gasteiger charge is 2.45. The van der Waals surface area contributed by atoms with E-state index in [2.05, 4.69) is 0 Å². The molecule has 7 atom stereocenters. The number of methoxy groups -OCH3 is 3. The van der Waals surface area contributed by atoms with Gasteiger partial charge in [0.05, 0.1) is 43.8 Å². The summed E-state index contributed by atoms with van der Waals surface area (Å²) in [4.78, 5) is 13.3. The monoisotopic (exact) mass is 532 g/mol. The summed E-state index contributed by atoms with van der Waals surface area (Å²) < 4.78 is 33.6. The predicted octanol–water partition coefficient (Wildman–Crippen LogP) is 2.23. The number of aliphatic hydroxyl groups excluding tert-OH is 3. The topological polar surface area (TPSA) is 133 Å². The third-order valence-electron chi connectivity index (χ3n) is 6.35. The number of ether oxygens (including phenoxy) is 6. The van der Waals surface area contributed by atoms with Gasteiger partial charge in [-0.25, -0.2) is 0 Å². The fourth-order valence-corrected chi connectivity index (χ4v) is 5.28. The number of hydrogen-bond acceptors (Lipinski definition) is 11. The maximum absolute atomic E-state index is 13.3. The van der Waals surface area contributed by atoms with Crippen molar-refractivity contribution in [2.75, 3.05) is 34.5 Å². The van der Waals surface area contributed by atoms with Crippen LogP contribution in [0.3, 0.4) is 0 Å². The first kappa shape index (κ1) is 30.6. The molecule has 11 heteroatoms. The highest BCUT2D eigenvalue weighted by molar-refractivity contribution is 8.14. The van der Waals surface area contributed by atoms with E-state index in [0.29, 0.717) is 29.7 Å². The van der Waals surface area contributed by atoms with Crippen molar-refractivity contribution in [1.29, 1.82) is 0 Å².